The Morgan fingerprint density at radius 1 is 1.11 bits per heavy atom. The molecule has 0 atom stereocenters. The van der Waals surface area contributed by atoms with Crippen LogP contribution in [-0.4, -0.2) is 7.11 Å². The second kappa shape index (κ2) is 5.95. The van der Waals surface area contributed by atoms with Crippen LogP contribution in [0.3, 0.4) is 0 Å². The predicted molar refractivity (Wildman–Crippen MR) is 80.9 cm³/mol. The molecule has 0 spiro atoms. The number of hydrogen-bond acceptors (Lipinski definition) is 3. The smallest absolute Gasteiger partial charge is 0.141 e. The number of halogens is 1. The number of hydrogen-bond donors (Lipinski definition) is 1. The SMILES string of the molecule is COc1ccc(COc2ccc(I)cc2)cc1N. The molecule has 0 heterocycles. The largest absolute Gasteiger partial charge is 0.495 e. The molecule has 2 rings (SSSR count). The maximum absolute atomic E-state index is 5.84. The summed E-state index contributed by atoms with van der Waals surface area (Å²) in [7, 11) is 1.60. The second-order valence-electron chi connectivity index (χ2n) is 3.82. The first kappa shape index (κ1) is 13.0. The van der Waals surface area contributed by atoms with E-state index in [4.69, 9.17) is 15.2 Å². The normalized spacial score (nSPS) is 10.1. The van der Waals surface area contributed by atoms with Gasteiger partial charge in [-0.05, 0) is 64.6 Å². The highest BCUT2D eigenvalue weighted by Gasteiger charge is 2.01. The van der Waals surface area contributed by atoms with Crippen molar-refractivity contribution in [3.8, 4) is 11.5 Å². The average Bonchev–Trinajstić information content (AvgIpc) is 2.38. The molecule has 0 fully saturated rings. The lowest BCUT2D eigenvalue weighted by atomic mass is 10.2. The predicted octanol–water partition coefficient (Wildman–Crippen LogP) is 3.46. The Kier molecular flexibility index (Phi) is 4.30. The van der Waals surface area contributed by atoms with Gasteiger partial charge in [-0.2, -0.15) is 0 Å². The lowest BCUT2D eigenvalue weighted by Gasteiger charge is -2.09. The van der Waals surface area contributed by atoms with Crippen molar-refractivity contribution in [2.24, 2.45) is 0 Å². The van der Waals surface area contributed by atoms with Crippen LogP contribution in [0.1, 0.15) is 5.56 Å². The molecule has 0 radical (unpaired) electrons. The van der Waals surface area contributed by atoms with Gasteiger partial charge in [-0.3, -0.25) is 0 Å². The van der Waals surface area contributed by atoms with Crippen LogP contribution in [0, 0.1) is 3.57 Å². The van der Waals surface area contributed by atoms with Crippen LogP contribution in [0.2, 0.25) is 0 Å². The molecular formula is C14H14INO2. The van der Waals surface area contributed by atoms with Gasteiger partial charge < -0.3 is 15.2 Å². The van der Waals surface area contributed by atoms with Crippen LogP contribution in [0.15, 0.2) is 42.5 Å². The summed E-state index contributed by atoms with van der Waals surface area (Å²) in [5, 5.41) is 0. The minimum absolute atomic E-state index is 0.495. The lowest BCUT2D eigenvalue weighted by Crippen LogP contribution is -1.98. The summed E-state index contributed by atoms with van der Waals surface area (Å²) in [5.41, 5.74) is 7.49. The standard InChI is InChI=1S/C14H14INO2/c1-17-14-7-2-10(8-13(14)16)9-18-12-5-3-11(15)4-6-12/h2-8H,9,16H2,1H3. The van der Waals surface area contributed by atoms with E-state index >= 15 is 0 Å². The van der Waals surface area contributed by atoms with Gasteiger partial charge in [0.1, 0.15) is 18.1 Å². The number of rotatable bonds is 4. The molecule has 94 valence electrons. The van der Waals surface area contributed by atoms with Crippen LogP contribution in [0.5, 0.6) is 11.5 Å². The minimum atomic E-state index is 0.495. The monoisotopic (exact) mass is 355 g/mol. The fourth-order valence-corrected chi connectivity index (χ4v) is 1.93. The summed E-state index contributed by atoms with van der Waals surface area (Å²) in [6.45, 7) is 0.495. The van der Waals surface area contributed by atoms with Gasteiger partial charge in [0.15, 0.2) is 0 Å². The third-order valence-electron chi connectivity index (χ3n) is 2.51. The van der Waals surface area contributed by atoms with Crippen molar-refractivity contribution >= 4 is 28.3 Å². The molecule has 0 aliphatic heterocycles. The second-order valence-corrected chi connectivity index (χ2v) is 5.06. The number of nitrogens with two attached hydrogens (primary N) is 1. The highest BCUT2D eigenvalue weighted by atomic mass is 127. The molecule has 0 unspecified atom stereocenters. The van der Waals surface area contributed by atoms with Crippen molar-refractivity contribution in [1.29, 1.82) is 0 Å². The first-order valence-corrected chi connectivity index (χ1v) is 6.57. The zero-order valence-electron chi connectivity index (χ0n) is 10.0. The van der Waals surface area contributed by atoms with Crippen LogP contribution in [0.4, 0.5) is 5.69 Å². The zero-order chi connectivity index (χ0) is 13.0. The molecule has 3 nitrogen and oxygen atoms in total. The Balaban J connectivity index is 2.02. The van der Waals surface area contributed by atoms with Crippen molar-refractivity contribution in [3.63, 3.8) is 0 Å². The molecule has 2 aromatic carbocycles. The molecule has 0 saturated heterocycles. The van der Waals surface area contributed by atoms with E-state index in [0.29, 0.717) is 18.0 Å². The van der Waals surface area contributed by atoms with Gasteiger partial charge in [-0.1, -0.05) is 6.07 Å². The lowest BCUT2D eigenvalue weighted by molar-refractivity contribution is 0.306. The number of nitrogen functional groups attached to an aromatic ring is 1. The van der Waals surface area contributed by atoms with Crippen LogP contribution in [-0.2, 0) is 6.61 Å². The van der Waals surface area contributed by atoms with E-state index in [-0.39, 0.29) is 0 Å². The van der Waals surface area contributed by atoms with Crippen molar-refractivity contribution in [3.05, 3.63) is 51.6 Å². The summed E-state index contributed by atoms with van der Waals surface area (Å²) in [4.78, 5) is 0. The Morgan fingerprint density at radius 3 is 2.44 bits per heavy atom. The molecule has 0 aliphatic rings. The topological polar surface area (TPSA) is 44.5 Å². The van der Waals surface area contributed by atoms with Crippen molar-refractivity contribution in [1.82, 2.24) is 0 Å². The third kappa shape index (κ3) is 3.29. The molecule has 0 amide bonds. The fraction of sp³-hybridized carbons (Fsp3) is 0.143. The minimum Gasteiger partial charge on any atom is -0.495 e. The summed E-state index contributed by atoms with van der Waals surface area (Å²) >= 11 is 2.26. The summed E-state index contributed by atoms with van der Waals surface area (Å²) in [6, 6.07) is 13.6. The van der Waals surface area contributed by atoms with E-state index in [2.05, 4.69) is 22.6 Å². The quantitative estimate of drug-likeness (QED) is 0.675. The summed E-state index contributed by atoms with van der Waals surface area (Å²) in [6.07, 6.45) is 0. The maximum Gasteiger partial charge on any atom is 0.141 e. The Hall–Kier alpha value is -1.43. The average molecular weight is 355 g/mol. The van der Waals surface area contributed by atoms with Crippen molar-refractivity contribution in [2.75, 3.05) is 12.8 Å². The highest BCUT2D eigenvalue weighted by molar-refractivity contribution is 14.1. The summed E-state index contributed by atoms with van der Waals surface area (Å²) < 4.78 is 12.0. The van der Waals surface area contributed by atoms with Gasteiger partial charge in [0, 0.05) is 3.57 Å². The molecule has 0 aliphatic carbocycles. The van der Waals surface area contributed by atoms with E-state index < -0.39 is 0 Å². The molecule has 4 heteroatoms. The van der Waals surface area contributed by atoms with Gasteiger partial charge in [0.2, 0.25) is 0 Å². The van der Waals surface area contributed by atoms with Crippen molar-refractivity contribution in [2.45, 2.75) is 6.61 Å². The van der Waals surface area contributed by atoms with E-state index in [9.17, 15) is 0 Å². The molecular weight excluding hydrogens is 341 g/mol. The van der Waals surface area contributed by atoms with E-state index in [0.717, 1.165) is 11.3 Å². The van der Waals surface area contributed by atoms with E-state index in [1.54, 1.807) is 7.11 Å². The first-order valence-electron chi connectivity index (χ1n) is 5.50. The first-order chi connectivity index (χ1) is 8.69. The Bertz CT molecular complexity index is 526. The van der Waals surface area contributed by atoms with Crippen molar-refractivity contribution < 1.29 is 9.47 Å². The Labute approximate surface area is 120 Å². The van der Waals surface area contributed by atoms with Crippen LogP contribution < -0.4 is 15.2 Å². The number of benzene rings is 2. The molecule has 2 aromatic rings. The molecule has 18 heavy (non-hydrogen) atoms. The van der Waals surface area contributed by atoms with E-state index in [1.165, 1.54) is 3.57 Å². The maximum atomic E-state index is 5.84. The van der Waals surface area contributed by atoms with E-state index in [1.807, 2.05) is 42.5 Å². The number of methoxy groups -OCH3 is 1. The van der Waals surface area contributed by atoms with Gasteiger partial charge in [-0.25, -0.2) is 0 Å². The molecule has 0 saturated carbocycles. The zero-order valence-corrected chi connectivity index (χ0v) is 12.2. The number of anilines is 1. The van der Waals surface area contributed by atoms with Gasteiger partial charge in [0.25, 0.3) is 0 Å². The van der Waals surface area contributed by atoms with Crippen LogP contribution >= 0.6 is 22.6 Å². The Morgan fingerprint density at radius 2 is 1.83 bits per heavy atom. The van der Waals surface area contributed by atoms with Gasteiger partial charge in [-0.15, -0.1) is 0 Å². The third-order valence-corrected chi connectivity index (χ3v) is 3.23. The fourth-order valence-electron chi connectivity index (χ4n) is 1.57. The molecule has 0 bridgehead atoms. The molecule has 2 N–H and O–H groups in total. The highest BCUT2D eigenvalue weighted by Crippen LogP contribution is 2.23. The van der Waals surface area contributed by atoms with Crippen LogP contribution in [0.25, 0.3) is 0 Å². The number of ether oxygens (including phenoxy) is 2. The van der Waals surface area contributed by atoms with Gasteiger partial charge >= 0.3 is 0 Å². The molecule has 0 aromatic heterocycles. The van der Waals surface area contributed by atoms with Gasteiger partial charge in [0.05, 0.1) is 12.8 Å². The summed E-state index contributed by atoms with van der Waals surface area (Å²) in [5.74, 6) is 1.54.